The number of carbonyl (C=O) groups is 2. The maximum atomic E-state index is 12.5. The van der Waals surface area contributed by atoms with Crippen molar-refractivity contribution in [2.24, 2.45) is 0 Å². The van der Waals surface area contributed by atoms with Crippen LogP contribution in [-0.2, 0) is 4.57 Å². The molecule has 0 aliphatic heterocycles. The quantitative estimate of drug-likeness (QED) is 0.499. The summed E-state index contributed by atoms with van der Waals surface area (Å²) in [5.74, 6) is -1.74. The van der Waals surface area contributed by atoms with E-state index in [0.717, 1.165) is 11.1 Å². The smallest absolute Gasteiger partial charge is 0.324 e. The van der Waals surface area contributed by atoms with Crippen LogP contribution >= 0.6 is 7.60 Å². The predicted octanol–water partition coefficient (Wildman–Crippen LogP) is 2.92. The van der Waals surface area contributed by atoms with Crippen molar-refractivity contribution in [3.05, 3.63) is 70.8 Å². The Hall–Kier alpha value is -2.07. The molecule has 0 amide bonds. The number of carbonyl (C=O) groups excluding carboxylic acids is 2. The zero-order chi connectivity index (χ0) is 17.2. The third-order valence-corrected chi connectivity index (χ3v) is 4.65. The molecule has 23 heavy (non-hydrogen) atoms. The van der Waals surface area contributed by atoms with Crippen molar-refractivity contribution >= 4 is 19.2 Å². The van der Waals surface area contributed by atoms with Gasteiger partial charge in [-0.15, -0.1) is 0 Å². The van der Waals surface area contributed by atoms with E-state index in [1.54, 1.807) is 24.3 Å². The molecular weight excluding hydrogens is 315 g/mol. The van der Waals surface area contributed by atoms with Gasteiger partial charge in [0.05, 0.1) is 0 Å². The first-order valence-electron chi connectivity index (χ1n) is 6.97. The maximum absolute atomic E-state index is 12.5. The second-order valence-electron chi connectivity index (χ2n) is 5.45. The van der Waals surface area contributed by atoms with Crippen LogP contribution in [0, 0.1) is 13.8 Å². The van der Waals surface area contributed by atoms with Gasteiger partial charge in [0, 0.05) is 11.1 Å². The molecule has 2 aromatic carbocycles. The summed E-state index contributed by atoms with van der Waals surface area (Å²) >= 11 is 0. The zero-order valence-corrected chi connectivity index (χ0v) is 13.7. The summed E-state index contributed by atoms with van der Waals surface area (Å²) in [6.45, 7) is 3.65. The van der Waals surface area contributed by atoms with Crippen LogP contribution in [-0.4, -0.2) is 27.0 Å². The molecule has 0 fully saturated rings. The summed E-state index contributed by atoms with van der Waals surface area (Å²) in [5.41, 5.74) is -0.0139. The predicted molar refractivity (Wildman–Crippen MR) is 86.9 cm³/mol. The fraction of sp³-hybridized carbons (Fsp3) is 0.176. The van der Waals surface area contributed by atoms with E-state index in [1.807, 2.05) is 13.8 Å². The Balaban J connectivity index is 2.43. The highest BCUT2D eigenvalue weighted by molar-refractivity contribution is 7.55. The molecule has 2 aromatic rings. The van der Waals surface area contributed by atoms with Crippen molar-refractivity contribution in [3.8, 4) is 0 Å². The molecule has 0 aliphatic carbocycles. The van der Waals surface area contributed by atoms with Gasteiger partial charge < -0.3 is 9.79 Å². The first-order valence-corrected chi connectivity index (χ1v) is 8.65. The third kappa shape index (κ3) is 4.02. The van der Waals surface area contributed by atoms with Crippen LogP contribution in [0.15, 0.2) is 48.5 Å². The molecule has 0 atom stereocenters. The van der Waals surface area contributed by atoms with Gasteiger partial charge in [0.25, 0.3) is 0 Å². The van der Waals surface area contributed by atoms with Gasteiger partial charge in [0.1, 0.15) is 0 Å². The molecule has 5 nitrogen and oxygen atoms in total. The summed E-state index contributed by atoms with van der Waals surface area (Å²) in [6, 6.07) is 12.5. The minimum Gasteiger partial charge on any atom is -0.324 e. The monoisotopic (exact) mass is 332 g/mol. The second kappa shape index (κ2) is 6.59. The number of ketones is 2. The lowest BCUT2D eigenvalue weighted by Crippen LogP contribution is -2.30. The average molecular weight is 332 g/mol. The van der Waals surface area contributed by atoms with Crippen LogP contribution < -0.4 is 0 Å². The van der Waals surface area contributed by atoms with Crippen molar-refractivity contribution in [2.45, 2.75) is 19.5 Å². The van der Waals surface area contributed by atoms with E-state index < -0.39 is 24.8 Å². The summed E-state index contributed by atoms with van der Waals surface area (Å²) in [7, 11) is -4.94. The fourth-order valence-corrected chi connectivity index (χ4v) is 3.09. The zero-order valence-electron chi connectivity index (χ0n) is 12.8. The van der Waals surface area contributed by atoms with E-state index in [-0.39, 0.29) is 11.1 Å². The summed E-state index contributed by atoms with van der Waals surface area (Å²) in [6.07, 6.45) is 0. The van der Waals surface area contributed by atoms with Crippen LogP contribution in [0.1, 0.15) is 31.8 Å². The van der Waals surface area contributed by atoms with Gasteiger partial charge in [0.2, 0.25) is 0 Å². The average Bonchev–Trinajstić information content (AvgIpc) is 2.47. The number of Topliss-reactive ketones (excluding diaryl/α,β-unsaturated/α-hetero) is 2. The van der Waals surface area contributed by atoms with Crippen molar-refractivity contribution in [2.75, 3.05) is 0 Å². The van der Waals surface area contributed by atoms with E-state index in [4.69, 9.17) is 0 Å². The van der Waals surface area contributed by atoms with Crippen molar-refractivity contribution in [3.63, 3.8) is 0 Å². The summed E-state index contributed by atoms with van der Waals surface area (Å²) in [5, 5.41) is 0. The second-order valence-corrected chi connectivity index (χ2v) is 7.15. The highest BCUT2D eigenvalue weighted by Crippen LogP contribution is 2.44. The van der Waals surface area contributed by atoms with Crippen LogP contribution in [0.25, 0.3) is 0 Å². The molecule has 2 rings (SSSR count). The Bertz CT molecular complexity index is 714. The summed E-state index contributed by atoms with van der Waals surface area (Å²) in [4.78, 5) is 44.0. The number of aryl methyl sites for hydroxylation is 2. The first-order chi connectivity index (χ1) is 10.7. The van der Waals surface area contributed by atoms with E-state index in [0.29, 0.717) is 0 Å². The number of hydrogen-bond acceptors (Lipinski definition) is 3. The van der Waals surface area contributed by atoms with E-state index in [9.17, 15) is 23.9 Å². The van der Waals surface area contributed by atoms with Gasteiger partial charge >= 0.3 is 7.60 Å². The first kappa shape index (κ1) is 17.3. The van der Waals surface area contributed by atoms with Crippen molar-refractivity contribution < 1.29 is 23.9 Å². The molecule has 0 aliphatic rings. The van der Waals surface area contributed by atoms with Gasteiger partial charge in [0.15, 0.2) is 17.2 Å². The molecule has 2 N–H and O–H groups in total. The summed E-state index contributed by atoms with van der Waals surface area (Å²) < 4.78 is 11.7. The molecule has 0 saturated heterocycles. The minimum atomic E-state index is -4.94. The minimum absolute atomic E-state index is 0.101. The molecule has 0 spiro atoms. The SMILES string of the molecule is Cc1ccc(C(=O)C(C(=O)c2ccc(C)cc2)P(=O)(O)O)cc1. The van der Waals surface area contributed by atoms with Crippen LogP contribution in [0.5, 0.6) is 0 Å². The number of rotatable bonds is 5. The lowest BCUT2D eigenvalue weighted by Gasteiger charge is -2.16. The normalized spacial score (nSPS) is 11.5. The highest BCUT2D eigenvalue weighted by Gasteiger charge is 2.42. The standard InChI is InChI=1S/C17H17O5P/c1-11-3-7-13(8-4-11)15(18)17(23(20,21)22)16(19)14-9-5-12(2)6-10-14/h3-10,17H,1-2H3,(H2,20,21,22). The van der Waals surface area contributed by atoms with Crippen LogP contribution in [0.4, 0.5) is 0 Å². The lowest BCUT2D eigenvalue weighted by molar-refractivity contribution is 0.0887. The van der Waals surface area contributed by atoms with Crippen LogP contribution in [0.2, 0.25) is 0 Å². The molecule has 0 bridgehead atoms. The van der Waals surface area contributed by atoms with Gasteiger partial charge in [-0.25, -0.2) is 0 Å². The lowest BCUT2D eigenvalue weighted by atomic mass is 9.99. The van der Waals surface area contributed by atoms with Gasteiger partial charge in [-0.1, -0.05) is 59.7 Å². The highest BCUT2D eigenvalue weighted by atomic mass is 31.2. The largest absolute Gasteiger partial charge is 0.344 e. The molecule has 120 valence electrons. The maximum Gasteiger partial charge on any atom is 0.344 e. The Labute approximate surface area is 134 Å². The van der Waals surface area contributed by atoms with Crippen molar-refractivity contribution in [1.29, 1.82) is 0 Å². The van der Waals surface area contributed by atoms with E-state index >= 15 is 0 Å². The topological polar surface area (TPSA) is 91.7 Å². The van der Waals surface area contributed by atoms with Crippen molar-refractivity contribution in [1.82, 2.24) is 0 Å². The Morgan fingerprint density at radius 1 is 0.783 bits per heavy atom. The van der Waals surface area contributed by atoms with Crippen LogP contribution in [0.3, 0.4) is 0 Å². The molecule has 0 unspecified atom stereocenters. The Morgan fingerprint density at radius 2 is 1.09 bits per heavy atom. The third-order valence-electron chi connectivity index (χ3n) is 3.51. The molecule has 0 heterocycles. The Kier molecular flexibility index (Phi) is 4.95. The molecule has 0 saturated carbocycles. The number of hydrogen-bond donors (Lipinski definition) is 2. The van der Waals surface area contributed by atoms with Gasteiger partial charge in [-0.3, -0.25) is 14.2 Å². The Morgan fingerprint density at radius 3 is 1.35 bits per heavy atom. The molecule has 0 radical (unpaired) electrons. The van der Waals surface area contributed by atoms with Gasteiger partial charge in [-0.05, 0) is 13.8 Å². The van der Waals surface area contributed by atoms with E-state index in [2.05, 4.69) is 0 Å². The van der Waals surface area contributed by atoms with Gasteiger partial charge in [-0.2, -0.15) is 0 Å². The molecule has 0 aromatic heterocycles. The molecular formula is C17H17O5P. The molecule has 6 heteroatoms. The van der Waals surface area contributed by atoms with E-state index in [1.165, 1.54) is 24.3 Å². The fourth-order valence-electron chi connectivity index (χ4n) is 2.18. The number of benzene rings is 2.